The highest BCUT2D eigenvalue weighted by molar-refractivity contribution is 5.80. The third-order valence-electron chi connectivity index (χ3n) is 4.57. The first-order valence-corrected chi connectivity index (χ1v) is 7.51. The number of para-hydroxylation sites is 1. The Bertz CT molecular complexity index is 489. The molecule has 3 rings (SSSR count). The Hall–Kier alpha value is -1.55. The summed E-state index contributed by atoms with van der Waals surface area (Å²) in [5.74, 6) is 1.51. The molecule has 1 fully saturated rings. The van der Waals surface area contributed by atoms with Gasteiger partial charge in [-0.25, -0.2) is 0 Å². The van der Waals surface area contributed by atoms with E-state index in [1.807, 2.05) is 24.3 Å². The maximum absolute atomic E-state index is 12.5. The lowest BCUT2D eigenvalue weighted by Crippen LogP contribution is -2.38. The molecular weight excluding hydrogens is 252 g/mol. The fourth-order valence-electron chi connectivity index (χ4n) is 3.43. The molecule has 1 unspecified atom stereocenters. The van der Waals surface area contributed by atoms with Gasteiger partial charge in [0.15, 0.2) is 0 Å². The number of nitrogens with two attached hydrogens (primary N) is 1. The van der Waals surface area contributed by atoms with Crippen LogP contribution >= 0.6 is 0 Å². The quantitative estimate of drug-likeness (QED) is 0.886. The summed E-state index contributed by atoms with van der Waals surface area (Å²) >= 11 is 0. The summed E-state index contributed by atoms with van der Waals surface area (Å²) in [4.78, 5) is 12.5. The van der Waals surface area contributed by atoms with E-state index in [-0.39, 0.29) is 17.9 Å². The van der Waals surface area contributed by atoms with Crippen LogP contribution < -0.4 is 15.8 Å². The fourth-order valence-corrected chi connectivity index (χ4v) is 3.43. The van der Waals surface area contributed by atoms with Crippen molar-refractivity contribution < 1.29 is 9.53 Å². The lowest BCUT2D eigenvalue weighted by molar-refractivity contribution is -0.126. The predicted octanol–water partition coefficient (Wildman–Crippen LogP) is 2.00. The van der Waals surface area contributed by atoms with E-state index in [1.54, 1.807) is 0 Å². The first-order valence-electron chi connectivity index (χ1n) is 7.51. The summed E-state index contributed by atoms with van der Waals surface area (Å²) in [6.07, 6.45) is 4.00. The lowest BCUT2D eigenvalue weighted by Gasteiger charge is -2.28. The van der Waals surface area contributed by atoms with Crippen molar-refractivity contribution in [2.75, 3.05) is 13.2 Å². The van der Waals surface area contributed by atoms with Crippen LogP contribution in [0.1, 0.15) is 37.3 Å². The molecule has 3 atom stereocenters. The van der Waals surface area contributed by atoms with E-state index >= 15 is 0 Å². The SMILES string of the molecule is NC[C@H]1CCC[C@H]1C(=O)NC1CCOc2ccccc21. The van der Waals surface area contributed by atoms with Crippen LogP contribution in [0.5, 0.6) is 5.75 Å². The van der Waals surface area contributed by atoms with Crippen molar-refractivity contribution in [2.45, 2.75) is 31.7 Å². The van der Waals surface area contributed by atoms with E-state index in [0.29, 0.717) is 19.1 Å². The van der Waals surface area contributed by atoms with Crippen LogP contribution in [0.4, 0.5) is 0 Å². The van der Waals surface area contributed by atoms with E-state index in [1.165, 1.54) is 0 Å². The number of nitrogens with one attached hydrogen (secondary N) is 1. The predicted molar refractivity (Wildman–Crippen MR) is 77.3 cm³/mol. The minimum Gasteiger partial charge on any atom is -0.493 e. The van der Waals surface area contributed by atoms with Gasteiger partial charge < -0.3 is 15.8 Å². The standard InChI is InChI=1S/C16H22N2O2/c17-10-11-4-3-6-12(11)16(19)18-14-8-9-20-15-7-2-1-5-13(14)15/h1-2,5,7,11-12,14H,3-4,6,8-10,17H2,(H,18,19)/t11-,12-,14?/m1/s1. The second-order valence-corrected chi connectivity index (χ2v) is 5.77. The van der Waals surface area contributed by atoms with Gasteiger partial charge in [-0.05, 0) is 31.4 Å². The van der Waals surface area contributed by atoms with Gasteiger partial charge >= 0.3 is 0 Å². The highest BCUT2D eigenvalue weighted by atomic mass is 16.5. The van der Waals surface area contributed by atoms with E-state index in [9.17, 15) is 4.79 Å². The zero-order chi connectivity index (χ0) is 13.9. The molecular formula is C16H22N2O2. The molecule has 1 amide bonds. The molecule has 108 valence electrons. The second kappa shape index (κ2) is 5.83. The van der Waals surface area contributed by atoms with Crippen molar-refractivity contribution in [3.8, 4) is 5.75 Å². The molecule has 1 aliphatic carbocycles. The Morgan fingerprint density at radius 2 is 2.15 bits per heavy atom. The first-order chi connectivity index (χ1) is 9.79. The molecule has 3 N–H and O–H groups in total. The summed E-state index contributed by atoms with van der Waals surface area (Å²) in [5, 5.41) is 3.21. The Kier molecular flexibility index (Phi) is 3.92. The summed E-state index contributed by atoms with van der Waals surface area (Å²) in [6, 6.07) is 8.03. The first kappa shape index (κ1) is 13.4. The molecule has 0 spiro atoms. The number of hydrogen-bond acceptors (Lipinski definition) is 3. The number of hydrogen-bond donors (Lipinski definition) is 2. The largest absolute Gasteiger partial charge is 0.493 e. The summed E-state index contributed by atoms with van der Waals surface area (Å²) in [7, 11) is 0. The topological polar surface area (TPSA) is 64.4 Å². The molecule has 0 saturated heterocycles. The average molecular weight is 274 g/mol. The van der Waals surface area contributed by atoms with Crippen molar-refractivity contribution in [2.24, 2.45) is 17.6 Å². The summed E-state index contributed by atoms with van der Waals surface area (Å²) in [5.41, 5.74) is 6.86. The van der Waals surface area contributed by atoms with Gasteiger partial charge in [-0.2, -0.15) is 0 Å². The number of amides is 1. The molecule has 0 aromatic heterocycles. The Morgan fingerprint density at radius 3 is 3.00 bits per heavy atom. The third-order valence-corrected chi connectivity index (χ3v) is 4.57. The molecule has 4 heteroatoms. The van der Waals surface area contributed by atoms with Gasteiger partial charge in [-0.3, -0.25) is 4.79 Å². The maximum atomic E-state index is 12.5. The van der Waals surface area contributed by atoms with Crippen LogP contribution in [-0.4, -0.2) is 19.1 Å². The number of ether oxygens (including phenoxy) is 1. The van der Waals surface area contributed by atoms with Gasteiger partial charge in [0.2, 0.25) is 5.91 Å². The smallest absolute Gasteiger partial charge is 0.223 e. The van der Waals surface area contributed by atoms with E-state index in [0.717, 1.165) is 37.0 Å². The van der Waals surface area contributed by atoms with Crippen LogP contribution in [0, 0.1) is 11.8 Å². The highest BCUT2D eigenvalue weighted by Gasteiger charge is 2.33. The van der Waals surface area contributed by atoms with Crippen molar-refractivity contribution in [1.29, 1.82) is 0 Å². The van der Waals surface area contributed by atoms with Gasteiger partial charge in [0.05, 0.1) is 12.6 Å². The molecule has 1 aliphatic heterocycles. The van der Waals surface area contributed by atoms with Crippen molar-refractivity contribution in [3.05, 3.63) is 29.8 Å². The van der Waals surface area contributed by atoms with Gasteiger partial charge in [0, 0.05) is 17.9 Å². The molecule has 1 saturated carbocycles. The second-order valence-electron chi connectivity index (χ2n) is 5.77. The number of benzene rings is 1. The van der Waals surface area contributed by atoms with Crippen molar-refractivity contribution >= 4 is 5.91 Å². The molecule has 0 radical (unpaired) electrons. The van der Waals surface area contributed by atoms with Crippen molar-refractivity contribution in [3.63, 3.8) is 0 Å². The minimum atomic E-state index is 0.0754. The maximum Gasteiger partial charge on any atom is 0.223 e. The third kappa shape index (κ3) is 2.52. The van der Waals surface area contributed by atoms with Gasteiger partial charge in [0.1, 0.15) is 5.75 Å². The van der Waals surface area contributed by atoms with Crippen LogP contribution in [0.2, 0.25) is 0 Å². The zero-order valence-corrected chi connectivity index (χ0v) is 11.7. The minimum absolute atomic E-state index is 0.0754. The Balaban J connectivity index is 1.71. The van der Waals surface area contributed by atoms with Crippen LogP contribution in [0.3, 0.4) is 0 Å². The Morgan fingerprint density at radius 1 is 1.30 bits per heavy atom. The lowest BCUT2D eigenvalue weighted by atomic mass is 9.93. The molecule has 20 heavy (non-hydrogen) atoms. The number of carbonyl (C=O) groups excluding carboxylic acids is 1. The van der Waals surface area contributed by atoms with E-state index in [2.05, 4.69) is 5.32 Å². The van der Waals surface area contributed by atoms with E-state index < -0.39 is 0 Å². The van der Waals surface area contributed by atoms with Gasteiger partial charge in [0.25, 0.3) is 0 Å². The molecule has 2 aliphatic rings. The molecule has 1 heterocycles. The highest BCUT2D eigenvalue weighted by Crippen LogP contribution is 2.34. The molecule has 0 bridgehead atoms. The van der Waals surface area contributed by atoms with Gasteiger partial charge in [-0.15, -0.1) is 0 Å². The monoisotopic (exact) mass is 274 g/mol. The number of rotatable bonds is 3. The number of carbonyl (C=O) groups is 1. The zero-order valence-electron chi connectivity index (χ0n) is 11.7. The van der Waals surface area contributed by atoms with Crippen LogP contribution in [0.15, 0.2) is 24.3 Å². The number of fused-ring (bicyclic) bond motifs is 1. The summed E-state index contributed by atoms with van der Waals surface area (Å²) in [6.45, 7) is 1.27. The molecule has 1 aromatic carbocycles. The molecule has 1 aromatic rings. The fraction of sp³-hybridized carbons (Fsp3) is 0.562. The summed E-state index contributed by atoms with van der Waals surface area (Å²) < 4.78 is 5.63. The van der Waals surface area contributed by atoms with Crippen molar-refractivity contribution in [1.82, 2.24) is 5.32 Å². The van der Waals surface area contributed by atoms with Gasteiger partial charge in [-0.1, -0.05) is 24.6 Å². The Labute approximate surface area is 119 Å². The average Bonchev–Trinajstić information content (AvgIpc) is 2.96. The normalized spacial score (nSPS) is 28.6. The van der Waals surface area contributed by atoms with Crippen LogP contribution in [-0.2, 0) is 4.79 Å². The van der Waals surface area contributed by atoms with Crippen LogP contribution in [0.25, 0.3) is 0 Å². The molecule has 4 nitrogen and oxygen atoms in total. The van der Waals surface area contributed by atoms with E-state index in [4.69, 9.17) is 10.5 Å².